The molecule has 0 spiro atoms. The summed E-state index contributed by atoms with van der Waals surface area (Å²) in [6.45, 7) is 4.08. The van der Waals surface area contributed by atoms with Crippen molar-refractivity contribution in [1.82, 2.24) is 4.57 Å². The molecule has 122 valence electrons. The van der Waals surface area contributed by atoms with E-state index in [1.807, 2.05) is 74.5 Å². The summed E-state index contributed by atoms with van der Waals surface area (Å²) in [6, 6.07) is 19.4. The molecule has 0 saturated carbocycles. The molecule has 2 aromatic carbocycles. The van der Waals surface area contributed by atoms with Crippen LogP contribution in [0, 0.1) is 6.92 Å². The minimum atomic E-state index is -0.306. The largest absolute Gasteiger partial charge is 0.462 e. The molecule has 4 heteroatoms. The van der Waals surface area contributed by atoms with Crippen LogP contribution in [0.3, 0.4) is 0 Å². The van der Waals surface area contributed by atoms with Gasteiger partial charge < -0.3 is 9.30 Å². The van der Waals surface area contributed by atoms with Crippen LogP contribution < -0.4 is 0 Å². The minimum absolute atomic E-state index is 0.306. The molecule has 0 unspecified atom stereocenters. The highest BCUT2D eigenvalue weighted by atomic mass is 35.5. The van der Waals surface area contributed by atoms with Crippen molar-refractivity contribution in [3.05, 3.63) is 76.9 Å². The lowest BCUT2D eigenvalue weighted by Gasteiger charge is -2.12. The Kier molecular flexibility index (Phi) is 4.72. The quantitative estimate of drug-likeness (QED) is 0.605. The Labute approximate surface area is 146 Å². The van der Waals surface area contributed by atoms with Crippen molar-refractivity contribution >= 4 is 17.6 Å². The number of hydrogen-bond acceptors (Lipinski definition) is 2. The van der Waals surface area contributed by atoms with Gasteiger partial charge >= 0.3 is 5.97 Å². The molecule has 0 atom stereocenters. The summed E-state index contributed by atoms with van der Waals surface area (Å²) >= 11 is 6.01. The first-order valence-corrected chi connectivity index (χ1v) is 8.20. The number of halogens is 1. The highest BCUT2D eigenvalue weighted by molar-refractivity contribution is 6.30. The van der Waals surface area contributed by atoms with Crippen LogP contribution in [0.25, 0.3) is 16.9 Å². The first kappa shape index (κ1) is 16.3. The number of carbonyl (C=O) groups excluding carboxylic acids is 1. The van der Waals surface area contributed by atoms with Crippen molar-refractivity contribution in [2.75, 3.05) is 6.61 Å². The Bertz CT molecular complexity index is 851. The Morgan fingerprint density at radius 2 is 1.75 bits per heavy atom. The van der Waals surface area contributed by atoms with Gasteiger partial charge in [-0.15, -0.1) is 0 Å². The predicted octanol–water partition coefficient (Wildman–Crippen LogP) is 5.28. The van der Waals surface area contributed by atoms with Gasteiger partial charge in [0.15, 0.2) is 0 Å². The molecule has 0 N–H and O–H groups in total. The van der Waals surface area contributed by atoms with E-state index in [0.717, 1.165) is 22.6 Å². The highest BCUT2D eigenvalue weighted by Crippen LogP contribution is 2.30. The van der Waals surface area contributed by atoms with Crippen molar-refractivity contribution in [2.45, 2.75) is 13.8 Å². The third-order valence-corrected chi connectivity index (χ3v) is 4.15. The van der Waals surface area contributed by atoms with Gasteiger partial charge in [0, 0.05) is 16.4 Å². The zero-order chi connectivity index (χ0) is 17.1. The lowest BCUT2D eigenvalue weighted by Crippen LogP contribution is -2.06. The zero-order valence-corrected chi connectivity index (χ0v) is 14.4. The molecule has 24 heavy (non-hydrogen) atoms. The number of hydrogen-bond donors (Lipinski definition) is 0. The molecule has 0 aliphatic rings. The summed E-state index contributed by atoms with van der Waals surface area (Å²) in [6.07, 6.45) is 0. The second kappa shape index (κ2) is 6.93. The second-order valence-electron chi connectivity index (χ2n) is 5.43. The van der Waals surface area contributed by atoms with Crippen molar-refractivity contribution < 1.29 is 9.53 Å². The van der Waals surface area contributed by atoms with Crippen LogP contribution in [0.1, 0.15) is 23.0 Å². The molecular formula is C20H18ClNO2. The zero-order valence-electron chi connectivity index (χ0n) is 13.6. The molecular weight excluding hydrogens is 322 g/mol. The van der Waals surface area contributed by atoms with E-state index < -0.39 is 0 Å². The molecule has 0 aliphatic carbocycles. The fourth-order valence-corrected chi connectivity index (χ4v) is 2.89. The van der Waals surface area contributed by atoms with Gasteiger partial charge in [0.2, 0.25) is 0 Å². The molecule has 3 nitrogen and oxygen atoms in total. The summed E-state index contributed by atoms with van der Waals surface area (Å²) in [5.74, 6) is -0.306. The van der Waals surface area contributed by atoms with E-state index in [-0.39, 0.29) is 5.97 Å². The standard InChI is InChI=1S/C20H18ClNO2/c1-3-24-20(23)18-13-19(15-7-5-4-6-8-15)22(14(18)2)17-11-9-16(21)10-12-17/h4-13H,3H2,1-2H3. The number of ether oxygens (including phenoxy) is 1. The van der Waals surface area contributed by atoms with Crippen LogP contribution >= 0.6 is 11.6 Å². The minimum Gasteiger partial charge on any atom is -0.462 e. The lowest BCUT2D eigenvalue weighted by molar-refractivity contribution is 0.0525. The first-order chi connectivity index (χ1) is 11.6. The molecule has 1 aromatic heterocycles. The van der Waals surface area contributed by atoms with Gasteiger partial charge in [0.1, 0.15) is 0 Å². The monoisotopic (exact) mass is 339 g/mol. The van der Waals surface area contributed by atoms with E-state index >= 15 is 0 Å². The van der Waals surface area contributed by atoms with Crippen LogP contribution in [-0.4, -0.2) is 17.1 Å². The maximum absolute atomic E-state index is 12.3. The lowest BCUT2D eigenvalue weighted by atomic mass is 10.1. The van der Waals surface area contributed by atoms with E-state index in [4.69, 9.17) is 16.3 Å². The molecule has 0 fully saturated rings. The summed E-state index contributed by atoms with van der Waals surface area (Å²) in [7, 11) is 0. The van der Waals surface area contributed by atoms with Crippen LogP contribution in [0.15, 0.2) is 60.7 Å². The highest BCUT2D eigenvalue weighted by Gasteiger charge is 2.20. The van der Waals surface area contributed by atoms with E-state index in [2.05, 4.69) is 4.57 Å². The molecule has 0 aliphatic heterocycles. The Balaban J connectivity index is 2.21. The van der Waals surface area contributed by atoms with Crippen LogP contribution in [0.2, 0.25) is 5.02 Å². The van der Waals surface area contributed by atoms with Gasteiger partial charge in [-0.25, -0.2) is 4.79 Å². The van der Waals surface area contributed by atoms with Gasteiger partial charge in [-0.05, 0) is 49.7 Å². The van der Waals surface area contributed by atoms with Crippen molar-refractivity contribution in [3.8, 4) is 16.9 Å². The Morgan fingerprint density at radius 1 is 1.08 bits per heavy atom. The number of nitrogens with zero attached hydrogens (tertiary/aromatic N) is 1. The van der Waals surface area contributed by atoms with E-state index in [0.29, 0.717) is 17.2 Å². The number of benzene rings is 2. The fourth-order valence-electron chi connectivity index (χ4n) is 2.77. The second-order valence-corrected chi connectivity index (χ2v) is 5.86. The molecule has 0 bridgehead atoms. The molecule has 3 aromatic rings. The number of aromatic nitrogens is 1. The van der Waals surface area contributed by atoms with Crippen LogP contribution in [0.5, 0.6) is 0 Å². The third kappa shape index (κ3) is 3.08. The fraction of sp³-hybridized carbons (Fsp3) is 0.150. The molecule has 0 radical (unpaired) electrons. The van der Waals surface area contributed by atoms with Gasteiger partial charge in [0.05, 0.1) is 17.9 Å². The summed E-state index contributed by atoms with van der Waals surface area (Å²) < 4.78 is 7.25. The average molecular weight is 340 g/mol. The number of rotatable bonds is 4. The van der Waals surface area contributed by atoms with Gasteiger partial charge in [-0.3, -0.25) is 0 Å². The average Bonchev–Trinajstić information content (AvgIpc) is 2.94. The smallest absolute Gasteiger partial charge is 0.339 e. The van der Waals surface area contributed by atoms with Crippen molar-refractivity contribution in [1.29, 1.82) is 0 Å². The normalized spacial score (nSPS) is 10.6. The topological polar surface area (TPSA) is 31.2 Å². The van der Waals surface area contributed by atoms with Crippen molar-refractivity contribution in [3.63, 3.8) is 0 Å². The predicted molar refractivity (Wildman–Crippen MR) is 96.9 cm³/mol. The van der Waals surface area contributed by atoms with E-state index in [1.165, 1.54) is 0 Å². The number of esters is 1. The first-order valence-electron chi connectivity index (χ1n) is 7.82. The van der Waals surface area contributed by atoms with Crippen molar-refractivity contribution in [2.24, 2.45) is 0 Å². The SMILES string of the molecule is CCOC(=O)c1cc(-c2ccccc2)n(-c2ccc(Cl)cc2)c1C. The molecule has 0 saturated heterocycles. The number of carbonyl (C=O) groups is 1. The van der Waals surface area contributed by atoms with Crippen LogP contribution in [-0.2, 0) is 4.74 Å². The van der Waals surface area contributed by atoms with Gasteiger partial charge in [-0.1, -0.05) is 41.9 Å². The van der Waals surface area contributed by atoms with E-state index in [1.54, 1.807) is 0 Å². The Morgan fingerprint density at radius 3 is 2.38 bits per heavy atom. The third-order valence-electron chi connectivity index (χ3n) is 3.90. The summed E-state index contributed by atoms with van der Waals surface area (Å²) in [5, 5.41) is 0.676. The maximum Gasteiger partial charge on any atom is 0.339 e. The van der Waals surface area contributed by atoms with Crippen LogP contribution in [0.4, 0.5) is 0 Å². The van der Waals surface area contributed by atoms with Gasteiger partial charge in [-0.2, -0.15) is 0 Å². The Hall–Kier alpha value is -2.52. The van der Waals surface area contributed by atoms with E-state index in [9.17, 15) is 4.79 Å². The summed E-state index contributed by atoms with van der Waals surface area (Å²) in [5.41, 5.74) is 4.34. The molecule has 1 heterocycles. The maximum atomic E-state index is 12.3. The summed E-state index contributed by atoms with van der Waals surface area (Å²) in [4.78, 5) is 12.3. The molecule has 0 amide bonds. The molecule has 3 rings (SSSR count). The van der Waals surface area contributed by atoms with Gasteiger partial charge in [0.25, 0.3) is 0 Å².